The predicted molar refractivity (Wildman–Crippen MR) is 80.5 cm³/mol. The van der Waals surface area contributed by atoms with E-state index >= 15 is 0 Å². The quantitative estimate of drug-likeness (QED) is 0.472. The zero-order valence-electron chi connectivity index (χ0n) is 10.1. The molecule has 0 saturated heterocycles. The predicted octanol–water partition coefficient (Wildman–Crippen LogP) is 3.78. The maximum atomic E-state index is 11.9. The van der Waals surface area contributed by atoms with Crippen molar-refractivity contribution in [1.82, 2.24) is 9.78 Å². The molecular weight excluding hydrogens is 328 g/mol. The van der Waals surface area contributed by atoms with Gasteiger partial charge in [0.1, 0.15) is 0 Å². The number of nitrogens with zero attached hydrogens (tertiary/aromatic N) is 2. The fraction of sp³-hybridized carbons (Fsp3) is 0.143. The SMILES string of the molecule is O=C(/C=C/c1cnn(CCCl)c1)c1ccc(Br)cc1. The number of alkyl halides is 1. The van der Waals surface area contributed by atoms with E-state index in [9.17, 15) is 4.79 Å². The van der Waals surface area contributed by atoms with Crippen molar-refractivity contribution in [1.29, 1.82) is 0 Å². The van der Waals surface area contributed by atoms with Crippen LogP contribution < -0.4 is 0 Å². The van der Waals surface area contributed by atoms with E-state index in [1.54, 1.807) is 35.2 Å². The van der Waals surface area contributed by atoms with Gasteiger partial charge in [0.15, 0.2) is 5.78 Å². The lowest BCUT2D eigenvalue weighted by atomic mass is 10.1. The van der Waals surface area contributed by atoms with Crippen LogP contribution in [0.4, 0.5) is 0 Å². The summed E-state index contributed by atoms with van der Waals surface area (Å²) in [6, 6.07) is 7.26. The van der Waals surface area contributed by atoms with Gasteiger partial charge in [-0.15, -0.1) is 11.6 Å². The van der Waals surface area contributed by atoms with Gasteiger partial charge in [-0.1, -0.05) is 15.9 Å². The molecule has 98 valence electrons. The molecule has 2 aromatic rings. The van der Waals surface area contributed by atoms with Gasteiger partial charge in [-0.05, 0) is 36.4 Å². The Hall–Kier alpha value is -1.39. The minimum Gasteiger partial charge on any atom is -0.289 e. The Morgan fingerprint density at radius 3 is 2.79 bits per heavy atom. The van der Waals surface area contributed by atoms with Crippen molar-refractivity contribution < 1.29 is 4.79 Å². The zero-order valence-corrected chi connectivity index (χ0v) is 12.4. The number of aryl methyl sites for hydroxylation is 1. The first-order valence-electron chi connectivity index (χ1n) is 5.75. The molecule has 0 radical (unpaired) electrons. The Bertz CT molecular complexity index is 590. The van der Waals surface area contributed by atoms with Crippen molar-refractivity contribution in [3.63, 3.8) is 0 Å². The van der Waals surface area contributed by atoms with E-state index in [-0.39, 0.29) is 5.78 Å². The van der Waals surface area contributed by atoms with E-state index < -0.39 is 0 Å². The number of rotatable bonds is 5. The number of hydrogen-bond acceptors (Lipinski definition) is 2. The molecule has 0 aliphatic carbocycles. The Morgan fingerprint density at radius 2 is 2.11 bits per heavy atom. The molecule has 0 aliphatic rings. The molecule has 0 atom stereocenters. The summed E-state index contributed by atoms with van der Waals surface area (Å²) in [5.74, 6) is 0.487. The van der Waals surface area contributed by atoms with E-state index in [4.69, 9.17) is 11.6 Å². The highest BCUT2D eigenvalue weighted by Crippen LogP contribution is 2.12. The normalized spacial score (nSPS) is 11.1. The van der Waals surface area contributed by atoms with Gasteiger partial charge >= 0.3 is 0 Å². The lowest BCUT2D eigenvalue weighted by Gasteiger charge is -1.95. The van der Waals surface area contributed by atoms with Crippen LogP contribution in [0.5, 0.6) is 0 Å². The molecule has 1 aromatic carbocycles. The minimum atomic E-state index is -0.0300. The molecule has 0 bridgehead atoms. The van der Waals surface area contributed by atoms with Crippen molar-refractivity contribution >= 4 is 39.4 Å². The molecule has 0 unspecified atom stereocenters. The molecule has 0 saturated carbocycles. The van der Waals surface area contributed by atoms with Gasteiger partial charge in [0, 0.05) is 27.7 Å². The third kappa shape index (κ3) is 4.04. The van der Waals surface area contributed by atoms with Gasteiger partial charge in [-0.3, -0.25) is 9.48 Å². The van der Waals surface area contributed by atoms with Crippen LogP contribution in [-0.2, 0) is 6.54 Å². The number of ketones is 1. The average molecular weight is 340 g/mol. The van der Waals surface area contributed by atoms with Gasteiger partial charge in [0.2, 0.25) is 0 Å². The molecular formula is C14H12BrClN2O. The molecule has 0 N–H and O–H groups in total. The molecule has 1 aromatic heterocycles. The van der Waals surface area contributed by atoms with Gasteiger partial charge in [-0.25, -0.2) is 0 Å². The second-order valence-electron chi connectivity index (χ2n) is 3.93. The van der Waals surface area contributed by atoms with E-state index in [0.29, 0.717) is 18.0 Å². The van der Waals surface area contributed by atoms with Crippen LogP contribution >= 0.6 is 27.5 Å². The third-order valence-electron chi connectivity index (χ3n) is 2.52. The number of benzene rings is 1. The molecule has 2 rings (SSSR count). The Balaban J connectivity index is 2.04. The summed E-state index contributed by atoms with van der Waals surface area (Å²) in [4.78, 5) is 11.9. The first-order chi connectivity index (χ1) is 9.19. The van der Waals surface area contributed by atoms with Crippen LogP contribution in [0.3, 0.4) is 0 Å². The van der Waals surface area contributed by atoms with Gasteiger partial charge in [0.05, 0.1) is 12.7 Å². The van der Waals surface area contributed by atoms with Gasteiger partial charge in [-0.2, -0.15) is 5.10 Å². The van der Waals surface area contributed by atoms with E-state index in [1.165, 1.54) is 0 Å². The molecule has 0 spiro atoms. The van der Waals surface area contributed by atoms with E-state index in [0.717, 1.165) is 10.0 Å². The summed E-state index contributed by atoms with van der Waals surface area (Å²) in [7, 11) is 0. The van der Waals surface area contributed by atoms with Crippen molar-refractivity contribution in [3.8, 4) is 0 Å². The number of carbonyl (C=O) groups excluding carboxylic acids is 1. The Kier molecular flexibility index (Phi) is 4.93. The number of allylic oxidation sites excluding steroid dienone is 1. The van der Waals surface area contributed by atoms with E-state index in [2.05, 4.69) is 21.0 Å². The second-order valence-corrected chi connectivity index (χ2v) is 5.22. The second kappa shape index (κ2) is 6.68. The summed E-state index contributed by atoms with van der Waals surface area (Å²) in [5.41, 5.74) is 1.54. The standard InChI is InChI=1S/C14H12BrClN2O/c15-13-4-2-12(3-5-13)14(19)6-1-11-9-17-18(10-11)8-7-16/h1-6,9-10H,7-8H2/b6-1+. The van der Waals surface area contributed by atoms with Crippen LogP contribution in [-0.4, -0.2) is 21.4 Å². The summed E-state index contributed by atoms with van der Waals surface area (Å²) >= 11 is 8.97. The zero-order chi connectivity index (χ0) is 13.7. The molecule has 19 heavy (non-hydrogen) atoms. The first kappa shape index (κ1) is 14.0. The Morgan fingerprint density at radius 1 is 1.37 bits per heavy atom. The maximum absolute atomic E-state index is 11.9. The first-order valence-corrected chi connectivity index (χ1v) is 7.08. The number of aromatic nitrogens is 2. The van der Waals surface area contributed by atoms with Crippen LogP contribution in [0.25, 0.3) is 6.08 Å². The van der Waals surface area contributed by atoms with Crippen LogP contribution in [0.1, 0.15) is 15.9 Å². The molecule has 1 heterocycles. The number of carbonyl (C=O) groups is 1. The lowest BCUT2D eigenvalue weighted by Crippen LogP contribution is -1.98. The number of hydrogen-bond donors (Lipinski definition) is 0. The summed E-state index contributed by atoms with van der Waals surface area (Å²) in [6.45, 7) is 0.663. The smallest absolute Gasteiger partial charge is 0.185 e. The summed E-state index contributed by atoms with van der Waals surface area (Å²) in [5, 5.41) is 4.13. The van der Waals surface area contributed by atoms with Crippen LogP contribution in [0, 0.1) is 0 Å². The highest BCUT2D eigenvalue weighted by Gasteiger charge is 2.01. The molecule has 0 fully saturated rings. The topological polar surface area (TPSA) is 34.9 Å². The van der Waals surface area contributed by atoms with Crippen molar-refractivity contribution in [2.45, 2.75) is 6.54 Å². The monoisotopic (exact) mass is 338 g/mol. The average Bonchev–Trinajstić information content (AvgIpc) is 2.85. The highest BCUT2D eigenvalue weighted by molar-refractivity contribution is 9.10. The molecule has 3 nitrogen and oxygen atoms in total. The lowest BCUT2D eigenvalue weighted by molar-refractivity contribution is 0.104. The molecule has 0 amide bonds. The van der Waals surface area contributed by atoms with Crippen molar-refractivity contribution in [2.75, 3.05) is 5.88 Å². The molecule has 0 aliphatic heterocycles. The summed E-state index contributed by atoms with van der Waals surface area (Å²) < 4.78 is 2.70. The summed E-state index contributed by atoms with van der Waals surface area (Å²) in [6.07, 6.45) is 6.86. The Labute approximate surface area is 125 Å². The third-order valence-corrected chi connectivity index (χ3v) is 3.22. The fourth-order valence-electron chi connectivity index (χ4n) is 1.56. The maximum Gasteiger partial charge on any atom is 0.185 e. The minimum absolute atomic E-state index is 0.0300. The van der Waals surface area contributed by atoms with Crippen LogP contribution in [0.2, 0.25) is 0 Å². The van der Waals surface area contributed by atoms with Crippen LogP contribution in [0.15, 0.2) is 47.2 Å². The van der Waals surface area contributed by atoms with Gasteiger partial charge in [0.25, 0.3) is 0 Å². The highest BCUT2D eigenvalue weighted by atomic mass is 79.9. The van der Waals surface area contributed by atoms with E-state index in [1.807, 2.05) is 18.3 Å². The molecule has 5 heteroatoms. The fourth-order valence-corrected chi connectivity index (χ4v) is 1.99. The largest absolute Gasteiger partial charge is 0.289 e. The van der Waals surface area contributed by atoms with Gasteiger partial charge < -0.3 is 0 Å². The van der Waals surface area contributed by atoms with Crippen molar-refractivity contribution in [2.24, 2.45) is 0 Å². The number of halogens is 2. The van der Waals surface area contributed by atoms with Crippen molar-refractivity contribution in [3.05, 3.63) is 58.3 Å².